The zero-order valence-corrected chi connectivity index (χ0v) is 15.6. The van der Waals surface area contributed by atoms with Crippen molar-refractivity contribution in [3.8, 4) is 11.3 Å². The SMILES string of the molecule is COCCN1C[C@@H](C(=O)Nc2nc3c(s2)CCc2c-3cnn2C)CC1=O. The Hall–Kier alpha value is -2.26. The molecule has 3 heterocycles. The van der Waals surface area contributed by atoms with Gasteiger partial charge in [-0.15, -0.1) is 11.3 Å². The number of nitrogens with one attached hydrogen (secondary N) is 1. The quantitative estimate of drug-likeness (QED) is 0.845. The first-order valence-corrected chi connectivity index (χ1v) is 9.47. The van der Waals surface area contributed by atoms with Gasteiger partial charge in [-0.1, -0.05) is 0 Å². The number of aryl methyl sites for hydroxylation is 2. The van der Waals surface area contributed by atoms with Gasteiger partial charge < -0.3 is 15.0 Å². The molecule has 2 aliphatic rings. The fourth-order valence-corrected chi connectivity index (χ4v) is 4.53. The van der Waals surface area contributed by atoms with Crippen molar-refractivity contribution in [3.05, 3.63) is 16.8 Å². The highest BCUT2D eigenvalue weighted by molar-refractivity contribution is 7.16. The summed E-state index contributed by atoms with van der Waals surface area (Å²) in [6.07, 6.45) is 3.91. The molecule has 2 aromatic heterocycles. The van der Waals surface area contributed by atoms with Gasteiger partial charge in [0.1, 0.15) is 0 Å². The lowest BCUT2D eigenvalue weighted by Gasteiger charge is -2.15. The minimum absolute atomic E-state index is 0.000588. The third kappa shape index (κ3) is 3.01. The molecule has 4 rings (SSSR count). The van der Waals surface area contributed by atoms with E-state index in [1.165, 1.54) is 21.9 Å². The number of likely N-dealkylation sites (tertiary alicyclic amines) is 1. The second-order valence-corrected chi connectivity index (χ2v) is 7.73. The molecule has 0 unspecified atom stereocenters. The Bertz CT molecular complexity index is 859. The molecule has 2 aromatic rings. The van der Waals surface area contributed by atoms with Crippen molar-refractivity contribution in [1.29, 1.82) is 0 Å². The van der Waals surface area contributed by atoms with Crippen molar-refractivity contribution in [1.82, 2.24) is 19.7 Å². The molecule has 1 fully saturated rings. The van der Waals surface area contributed by atoms with Crippen LogP contribution < -0.4 is 5.32 Å². The molecule has 9 heteroatoms. The predicted octanol–water partition coefficient (Wildman–Crippen LogP) is 1.08. The molecule has 0 aromatic carbocycles. The largest absolute Gasteiger partial charge is 0.383 e. The van der Waals surface area contributed by atoms with Crippen molar-refractivity contribution in [2.45, 2.75) is 19.3 Å². The van der Waals surface area contributed by atoms with Gasteiger partial charge in [0.15, 0.2) is 5.13 Å². The lowest BCUT2D eigenvalue weighted by molar-refractivity contribution is -0.128. The smallest absolute Gasteiger partial charge is 0.231 e. The second kappa shape index (κ2) is 6.81. The van der Waals surface area contributed by atoms with Crippen LogP contribution in [0.2, 0.25) is 0 Å². The van der Waals surface area contributed by atoms with Crippen LogP contribution in [0.5, 0.6) is 0 Å². The van der Waals surface area contributed by atoms with Crippen LogP contribution in [0, 0.1) is 5.92 Å². The predicted molar refractivity (Wildman–Crippen MR) is 96.9 cm³/mol. The van der Waals surface area contributed by atoms with Gasteiger partial charge in [0, 0.05) is 49.8 Å². The Kier molecular flexibility index (Phi) is 4.49. The van der Waals surface area contributed by atoms with E-state index in [0.717, 1.165) is 24.1 Å². The summed E-state index contributed by atoms with van der Waals surface area (Å²) in [6, 6.07) is 0. The molecule has 1 aliphatic carbocycles. The van der Waals surface area contributed by atoms with E-state index < -0.39 is 0 Å². The number of hydrogen-bond donors (Lipinski definition) is 1. The third-order valence-electron chi connectivity index (χ3n) is 4.98. The monoisotopic (exact) mass is 375 g/mol. The van der Waals surface area contributed by atoms with Crippen LogP contribution in [0.15, 0.2) is 6.20 Å². The van der Waals surface area contributed by atoms with E-state index in [4.69, 9.17) is 4.74 Å². The van der Waals surface area contributed by atoms with Crippen LogP contribution in [0.4, 0.5) is 5.13 Å². The zero-order chi connectivity index (χ0) is 18.3. The van der Waals surface area contributed by atoms with Crippen LogP contribution in [0.3, 0.4) is 0 Å². The summed E-state index contributed by atoms with van der Waals surface area (Å²) in [4.78, 5) is 32.1. The maximum absolute atomic E-state index is 12.6. The second-order valence-electron chi connectivity index (χ2n) is 6.64. The Morgan fingerprint density at radius 3 is 3.12 bits per heavy atom. The Morgan fingerprint density at radius 1 is 1.46 bits per heavy atom. The van der Waals surface area contributed by atoms with E-state index >= 15 is 0 Å². The highest BCUT2D eigenvalue weighted by Gasteiger charge is 2.34. The molecule has 1 saturated heterocycles. The summed E-state index contributed by atoms with van der Waals surface area (Å²) in [6.45, 7) is 1.44. The van der Waals surface area contributed by atoms with Crippen molar-refractivity contribution in [3.63, 3.8) is 0 Å². The molecule has 2 amide bonds. The Balaban J connectivity index is 1.45. The minimum Gasteiger partial charge on any atom is -0.383 e. The van der Waals surface area contributed by atoms with Crippen LogP contribution in [0.25, 0.3) is 11.3 Å². The first-order chi connectivity index (χ1) is 12.6. The number of methoxy groups -OCH3 is 1. The maximum Gasteiger partial charge on any atom is 0.231 e. The van der Waals surface area contributed by atoms with Crippen LogP contribution in [-0.2, 0) is 34.2 Å². The van der Waals surface area contributed by atoms with Gasteiger partial charge in [-0.2, -0.15) is 5.10 Å². The number of hydrogen-bond acceptors (Lipinski definition) is 6. The van der Waals surface area contributed by atoms with E-state index in [1.54, 1.807) is 12.0 Å². The summed E-state index contributed by atoms with van der Waals surface area (Å²) >= 11 is 1.51. The average molecular weight is 375 g/mol. The number of nitrogens with zero attached hydrogens (tertiary/aromatic N) is 4. The van der Waals surface area contributed by atoms with Crippen molar-refractivity contribution in [2.75, 3.05) is 32.1 Å². The topological polar surface area (TPSA) is 89.3 Å². The van der Waals surface area contributed by atoms with E-state index in [1.807, 2.05) is 17.9 Å². The van der Waals surface area contributed by atoms with Gasteiger partial charge >= 0.3 is 0 Å². The minimum atomic E-state index is -0.339. The Labute approximate surface area is 155 Å². The number of fused-ring (bicyclic) bond motifs is 3. The number of aromatic nitrogens is 3. The molecular weight excluding hydrogens is 354 g/mol. The van der Waals surface area contributed by atoms with Gasteiger partial charge in [-0.25, -0.2) is 4.98 Å². The van der Waals surface area contributed by atoms with Gasteiger partial charge in [0.25, 0.3) is 0 Å². The van der Waals surface area contributed by atoms with E-state index in [0.29, 0.717) is 24.8 Å². The fourth-order valence-electron chi connectivity index (χ4n) is 3.55. The summed E-state index contributed by atoms with van der Waals surface area (Å²) in [7, 11) is 3.54. The molecule has 138 valence electrons. The Morgan fingerprint density at radius 2 is 2.31 bits per heavy atom. The van der Waals surface area contributed by atoms with E-state index in [2.05, 4.69) is 15.4 Å². The molecule has 0 spiro atoms. The summed E-state index contributed by atoms with van der Waals surface area (Å²) in [5, 5.41) is 7.82. The van der Waals surface area contributed by atoms with Gasteiger partial charge in [-0.3, -0.25) is 14.3 Å². The first-order valence-electron chi connectivity index (χ1n) is 8.65. The lowest BCUT2D eigenvalue weighted by atomic mass is 10.0. The fraction of sp³-hybridized carbons (Fsp3) is 0.529. The molecule has 0 bridgehead atoms. The van der Waals surface area contributed by atoms with E-state index in [-0.39, 0.29) is 24.2 Å². The van der Waals surface area contributed by atoms with Crippen molar-refractivity contribution < 1.29 is 14.3 Å². The number of carbonyl (C=O) groups excluding carboxylic acids is 2. The third-order valence-corrected chi connectivity index (χ3v) is 6.01. The van der Waals surface area contributed by atoms with Gasteiger partial charge in [0.2, 0.25) is 11.8 Å². The average Bonchev–Trinajstić information content (AvgIpc) is 3.30. The number of anilines is 1. The standard InChI is InChI=1S/C17H21N5O3S/c1-21-12-3-4-13-15(11(12)8-18-21)19-17(26-13)20-16(24)10-7-14(23)22(9-10)5-6-25-2/h8,10H,3-7,9H2,1-2H3,(H,19,20,24)/t10-/m0/s1. The molecule has 1 N–H and O–H groups in total. The molecule has 0 radical (unpaired) electrons. The molecule has 0 saturated carbocycles. The number of thiazole rings is 1. The van der Waals surface area contributed by atoms with Gasteiger partial charge in [0.05, 0.1) is 24.4 Å². The highest BCUT2D eigenvalue weighted by Crippen LogP contribution is 2.38. The molecule has 1 aliphatic heterocycles. The van der Waals surface area contributed by atoms with Crippen LogP contribution in [0.1, 0.15) is 17.0 Å². The molecule has 1 atom stereocenters. The number of amides is 2. The molecule has 8 nitrogen and oxygen atoms in total. The number of carbonyl (C=O) groups is 2. The van der Waals surface area contributed by atoms with Crippen LogP contribution >= 0.6 is 11.3 Å². The summed E-state index contributed by atoms with van der Waals surface area (Å²) < 4.78 is 6.89. The van der Waals surface area contributed by atoms with Crippen LogP contribution in [-0.4, -0.2) is 58.3 Å². The highest BCUT2D eigenvalue weighted by atomic mass is 32.1. The number of rotatable bonds is 5. The lowest BCUT2D eigenvalue weighted by Crippen LogP contribution is -2.30. The normalized spacial score (nSPS) is 18.8. The molecular formula is C17H21N5O3S. The summed E-state index contributed by atoms with van der Waals surface area (Å²) in [5.74, 6) is -0.481. The van der Waals surface area contributed by atoms with Crippen molar-refractivity contribution in [2.24, 2.45) is 13.0 Å². The zero-order valence-electron chi connectivity index (χ0n) is 14.8. The molecule has 26 heavy (non-hydrogen) atoms. The maximum atomic E-state index is 12.6. The van der Waals surface area contributed by atoms with Gasteiger partial charge in [-0.05, 0) is 12.8 Å². The first kappa shape index (κ1) is 17.2. The van der Waals surface area contributed by atoms with Crippen molar-refractivity contribution >= 4 is 28.3 Å². The summed E-state index contributed by atoms with van der Waals surface area (Å²) in [5.41, 5.74) is 3.15. The number of ether oxygens (including phenoxy) is 1. The van der Waals surface area contributed by atoms with E-state index in [9.17, 15) is 9.59 Å².